The molecule has 1 aliphatic rings. The zero-order valence-electron chi connectivity index (χ0n) is 9.73. The molecule has 4 heteroatoms. The number of nitrogens with zero attached hydrogens (tertiary/aromatic N) is 1. The summed E-state index contributed by atoms with van der Waals surface area (Å²) >= 11 is 5.54. The van der Waals surface area contributed by atoms with Crippen LogP contribution in [-0.4, -0.2) is 30.9 Å². The van der Waals surface area contributed by atoms with Crippen molar-refractivity contribution in [1.29, 1.82) is 0 Å². The quantitative estimate of drug-likeness (QED) is 0.832. The van der Waals surface area contributed by atoms with Crippen LogP contribution in [0.3, 0.4) is 0 Å². The molecule has 0 spiro atoms. The van der Waals surface area contributed by atoms with Crippen LogP contribution in [-0.2, 0) is 4.79 Å². The minimum absolute atomic E-state index is 0.0555. The Bertz CT molecular complexity index is 369. The Labute approximate surface area is 107 Å². The van der Waals surface area contributed by atoms with Gasteiger partial charge in [-0.2, -0.15) is 0 Å². The van der Waals surface area contributed by atoms with E-state index in [1.165, 1.54) is 5.69 Å². The number of alkyl halides is 1. The maximum Gasteiger partial charge on any atom is 0.221 e. The molecule has 1 aliphatic heterocycles. The number of nitrogens with one attached hydrogen (secondary N) is 1. The molecule has 92 valence electrons. The van der Waals surface area contributed by atoms with Gasteiger partial charge in [0, 0.05) is 37.1 Å². The van der Waals surface area contributed by atoms with Crippen molar-refractivity contribution in [3.63, 3.8) is 0 Å². The lowest BCUT2D eigenvalue weighted by Crippen LogP contribution is -2.37. The van der Waals surface area contributed by atoms with E-state index in [9.17, 15) is 4.79 Å². The van der Waals surface area contributed by atoms with E-state index in [-0.39, 0.29) is 11.9 Å². The highest BCUT2D eigenvalue weighted by atomic mass is 35.5. The Balaban J connectivity index is 1.86. The third-order valence-corrected chi connectivity index (χ3v) is 3.19. The fourth-order valence-corrected chi connectivity index (χ4v) is 2.31. The number of hydrogen-bond donors (Lipinski definition) is 1. The Kier molecular flexibility index (Phi) is 4.26. The summed E-state index contributed by atoms with van der Waals surface area (Å²) in [4.78, 5) is 13.7. The van der Waals surface area contributed by atoms with E-state index in [2.05, 4.69) is 22.3 Å². The summed E-state index contributed by atoms with van der Waals surface area (Å²) < 4.78 is 0. The van der Waals surface area contributed by atoms with Crippen molar-refractivity contribution in [2.24, 2.45) is 0 Å². The minimum atomic E-state index is 0.0555. The van der Waals surface area contributed by atoms with Gasteiger partial charge in [0.05, 0.1) is 0 Å². The lowest BCUT2D eigenvalue weighted by Gasteiger charge is -2.18. The Morgan fingerprint density at radius 3 is 2.88 bits per heavy atom. The van der Waals surface area contributed by atoms with Gasteiger partial charge in [-0.05, 0) is 18.6 Å². The normalized spacial score (nSPS) is 19.4. The first kappa shape index (κ1) is 12.2. The summed E-state index contributed by atoms with van der Waals surface area (Å²) in [7, 11) is 0. The number of halogens is 1. The van der Waals surface area contributed by atoms with Gasteiger partial charge in [-0.25, -0.2) is 0 Å². The predicted molar refractivity (Wildman–Crippen MR) is 70.5 cm³/mol. The van der Waals surface area contributed by atoms with Crippen molar-refractivity contribution in [2.75, 3.05) is 23.9 Å². The van der Waals surface area contributed by atoms with E-state index in [4.69, 9.17) is 11.6 Å². The Hall–Kier alpha value is -1.22. The van der Waals surface area contributed by atoms with Gasteiger partial charge < -0.3 is 10.2 Å². The fourth-order valence-electron chi connectivity index (χ4n) is 2.14. The lowest BCUT2D eigenvalue weighted by atomic mass is 10.2. The molecule has 17 heavy (non-hydrogen) atoms. The van der Waals surface area contributed by atoms with E-state index in [0.717, 1.165) is 19.5 Å². The number of benzene rings is 1. The van der Waals surface area contributed by atoms with E-state index in [1.54, 1.807) is 0 Å². The first-order valence-corrected chi connectivity index (χ1v) is 6.48. The molecule has 1 N–H and O–H groups in total. The first-order chi connectivity index (χ1) is 8.29. The molecule has 1 aromatic rings. The monoisotopic (exact) mass is 252 g/mol. The molecule has 1 atom stereocenters. The van der Waals surface area contributed by atoms with Gasteiger partial charge in [-0.1, -0.05) is 18.2 Å². The number of anilines is 1. The van der Waals surface area contributed by atoms with Crippen molar-refractivity contribution in [1.82, 2.24) is 5.32 Å². The number of para-hydroxylation sites is 1. The molecule has 3 nitrogen and oxygen atoms in total. The van der Waals surface area contributed by atoms with Gasteiger partial charge >= 0.3 is 0 Å². The molecule has 1 saturated heterocycles. The van der Waals surface area contributed by atoms with Crippen molar-refractivity contribution in [3.05, 3.63) is 30.3 Å². The molecule has 0 bridgehead atoms. The number of carbonyl (C=O) groups is 1. The Morgan fingerprint density at radius 2 is 2.18 bits per heavy atom. The highest BCUT2D eigenvalue weighted by Crippen LogP contribution is 2.19. The fraction of sp³-hybridized carbons (Fsp3) is 0.462. The number of amides is 1. The summed E-state index contributed by atoms with van der Waals surface area (Å²) in [6.07, 6.45) is 1.41. The van der Waals surface area contributed by atoms with E-state index in [1.807, 2.05) is 18.2 Å². The van der Waals surface area contributed by atoms with Crippen molar-refractivity contribution in [2.45, 2.75) is 18.9 Å². The van der Waals surface area contributed by atoms with Crippen LogP contribution in [0.1, 0.15) is 12.8 Å². The molecule has 0 aromatic heterocycles. The number of carbonyl (C=O) groups excluding carboxylic acids is 1. The summed E-state index contributed by atoms with van der Waals surface area (Å²) in [6.45, 7) is 1.88. The molecule has 2 rings (SSSR count). The summed E-state index contributed by atoms with van der Waals surface area (Å²) in [5.41, 5.74) is 1.22. The third kappa shape index (κ3) is 3.37. The first-order valence-electron chi connectivity index (χ1n) is 5.95. The van der Waals surface area contributed by atoms with Gasteiger partial charge in [0.2, 0.25) is 5.91 Å². The van der Waals surface area contributed by atoms with Crippen LogP contribution in [0.25, 0.3) is 0 Å². The van der Waals surface area contributed by atoms with Crippen molar-refractivity contribution < 1.29 is 4.79 Å². The summed E-state index contributed by atoms with van der Waals surface area (Å²) in [5, 5.41) is 3.01. The minimum Gasteiger partial charge on any atom is -0.369 e. The zero-order valence-corrected chi connectivity index (χ0v) is 10.5. The van der Waals surface area contributed by atoms with Crippen LogP contribution in [0.4, 0.5) is 5.69 Å². The number of hydrogen-bond acceptors (Lipinski definition) is 2. The van der Waals surface area contributed by atoms with Crippen LogP contribution in [0.15, 0.2) is 30.3 Å². The van der Waals surface area contributed by atoms with Crippen LogP contribution in [0.5, 0.6) is 0 Å². The molecule has 0 saturated carbocycles. The van der Waals surface area contributed by atoms with Crippen molar-refractivity contribution in [3.8, 4) is 0 Å². The zero-order chi connectivity index (χ0) is 12.1. The van der Waals surface area contributed by atoms with Crippen LogP contribution < -0.4 is 10.2 Å². The molecule has 0 aliphatic carbocycles. The maximum absolute atomic E-state index is 11.4. The van der Waals surface area contributed by atoms with Gasteiger partial charge in [-0.3, -0.25) is 4.79 Å². The topological polar surface area (TPSA) is 32.3 Å². The van der Waals surface area contributed by atoms with Gasteiger partial charge in [-0.15, -0.1) is 11.6 Å². The van der Waals surface area contributed by atoms with Crippen LogP contribution in [0.2, 0.25) is 0 Å². The molecule has 0 radical (unpaired) electrons. The predicted octanol–water partition coefficient (Wildman–Crippen LogP) is 2.01. The summed E-state index contributed by atoms with van der Waals surface area (Å²) in [6, 6.07) is 10.5. The maximum atomic E-state index is 11.4. The standard InChI is InChI=1S/C13H17ClN2O/c14-8-6-13(17)15-11-7-9-16(10-11)12-4-2-1-3-5-12/h1-5,11H,6-10H2,(H,15,17). The molecule has 1 heterocycles. The second-order valence-corrected chi connectivity index (χ2v) is 4.65. The Morgan fingerprint density at radius 1 is 1.41 bits per heavy atom. The van der Waals surface area contributed by atoms with Gasteiger partial charge in [0.25, 0.3) is 0 Å². The highest BCUT2D eigenvalue weighted by molar-refractivity contribution is 6.18. The van der Waals surface area contributed by atoms with Crippen molar-refractivity contribution >= 4 is 23.2 Å². The van der Waals surface area contributed by atoms with E-state index in [0.29, 0.717) is 12.3 Å². The third-order valence-electron chi connectivity index (χ3n) is 3.00. The second-order valence-electron chi connectivity index (χ2n) is 4.27. The van der Waals surface area contributed by atoms with Crippen LogP contribution >= 0.6 is 11.6 Å². The van der Waals surface area contributed by atoms with Gasteiger partial charge in [0.1, 0.15) is 0 Å². The van der Waals surface area contributed by atoms with Gasteiger partial charge in [0.15, 0.2) is 0 Å². The molecule has 1 fully saturated rings. The molecule has 1 unspecified atom stereocenters. The highest BCUT2D eigenvalue weighted by Gasteiger charge is 2.23. The number of rotatable bonds is 4. The average Bonchev–Trinajstić information content (AvgIpc) is 2.79. The van der Waals surface area contributed by atoms with E-state index >= 15 is 0 Å². The van der Waals surface area contributed by atoms with Crippen LogP contribution in [0, 0.1) is 0 Å². The molecule has 1 amide bonds. The average molecular weight is 253 g/mol. The molecular weight excluding hydrogens is 236 g/mol. The van der Waals surface area contributed by atoms with E-state index < -0.39 is 0 Å². The lowest BCUT2D eigenvalue weighted by molar-refractivity contribution is -0.121. The molecular formula is C13H17ClN2O. The SMILES string of the molecule is O=C(CCCl)NC1CCN(c2ccccc2)C1. The molecule has 1 aromatic carbocycles. The largest absolute Gasteiger partial charge is 0.369 e. The second kappa shape index (κ2) is 5.92. The smallest absolute Gasteiger partial charge is 0.221 e. The summed E-state index contributed by atoms with van der Waals surface area (Å²) in [5.74, 6) is 0.445.